The van der Waals surface area contributed by atoms with Gasteiger partial charge in [0, 0.05) is 31.4 Å². The summed E-state index contributed by atoms with van der Waals surface area (Å²) in [7, 11) is 2.13. The fraction of sp³-hybridized carbons (Fsp3) is 0.524. The van der Waals surface area contributed by atoms with E-state index in [4.69, 9.17) is 4.74 Å². The van der Waals surface area contributed by atoms with E-state index in [0.29, 0.717) is 32.2 Å². The van der Waals surface area contributed by atoms with E-state index in [0.717, 1.165) is 12.0 Å². The summed E-state index contributed by atoms with van der Waals surface area (Å²) in [4.78, 5) is 16.6. The van der Waals surface area contributed by atoms with Crippen molar-refractivity contribution >= 4 is 17.7 Å². The Hall–Kier alpha value is -2.32. The van der Waals surface area contributed by atoms with Crippen LogP contribution in [0.2, 0.25) is 0 Å². The fourth-order valence-electron chi connectivity index (χ4n) is 3.93. The lowest BCUT2D eigenvalue weighted by Gasteiger charge is -2.45. The smallest absolute Gasteiger partial charge is 0.264 e. The molecule has 1 atom stereocenters. The topological polar surface area (TPSA) is 56.6 Å². The molecular weight excluding hydrogens is 326 g/mol. The standard InChI is InChI=1S/C21H27N3O2/c1-15-13-21(2,3)23(4)19-6-5-16(12-18(15)19)11-17(14-22)20(25)24-7-9-26-10-8-24/h5-6,11-12,15H,7-10,13H2,1-4H3/b17-11-/t15-/m1/s1. The predicted octanol–water partition coefficient (Wildman–Crippen LogP) is 3.17. The number of carbonyl (C=O) groups excluding carboxylic acids is 1. The maximum absolute atomic E-state index is 12.6. The van der Waals surface area contributed by atoms with Crippen LogP contribution in [0, 0.1) is 11.3 Å². The second kappa shape index (κ2) is 7.13. The lowest BCUT2D eigenvalue weighted by Crippen LogP contribution is -2.45. The van der Waals surface area contributed by atoms with Gasteiger partial charge in [-0.25, -0.2) is 0 Å². The highest BCUT2D eigenvalue weighted by Gasteiger charge is 2.34. The van der Waals surface area contributed by atoms with Gasteiger partial charge in [-0.3, -0.25) is 4.79 Å². The van der Waals surface area contributed by atoms with E-state index in [9.17, 15) is 10.1 Å². The van der Waals surface area contributed by atoms with Crippen LogP contribution in [0.3, 0.4) is 0 Å². The Bertz CT molecular complexity index is 770. The van der Waals surface area contributed by atoms with E-state index in [1.165, 1.54) is 11.3 Å². The normalized spacial score (nSPS) is 22.6. The molecule has 2 aliphatic heterocycles. The van der Waals surface area contributed by atoms with Crippen molar-refractivity contribution in [1.82, 2.24) is 4.90 Å². The zero-order chi connectivity index (χ0) is 18.9. The first-order valence-corrected chi connectivity index (χ1v) is 9.20. The van der Waals surface area contributed by atoms with Gasteiger partial charge in [0.25, 0.3) is 5.91 Å². The molecule has 0 saturated carbocycles. The minimum absolute atomic E-state index is 0.119. The highest BCUT2D eigenvalue weighted by Crippen LogP contribution is 2.42. The Morgan fingerprint density at radius 1 is 1.35 bits per heavy atom. The van der Waals surface area contributed by atoms with Crippen molar-refractivity contribution in [3.63, 3.8) is 0 Å². The summed E-state index contributed by atoms with van der Waals surface area (Å²) in [5, 5.41) is 9.48. The molecule has 0 spiro atoms. The molecule has 0 N–H and O–H groups in total. The molecular formula is C21H27N3O2. The molecule has 0 unspecified atom stereocenters. The number of nitriles is 1. The van der Waals surface area contributed by atoms with Crippen LogP contribution in [0.15, 0.2) is 23.8 Å². The largest absolute Gasteiger partial charge is 0.378 e. The van der Waals surface area contributed by atoms with Crippen LogP contribution in [0.1, 0.15) is 44.2 Å². The molecule has 2 aliphatic rings. The number of fused-ring (bicyclic) bond motifs is 1. The number of carbonyl (C=O) groups is 1. The molecule has 1 aromatic rings. The molecule has 0 bridgehead atoms. The Labute approximate surface area is 155 Å². The number of nitrogens with zero attached hydrogens (tertiary/aromatic N) is 3. The van der Waals surface area contributed by atoms with Crippen molar-refractivity contribution in [2.75, 3.05) is 38.3 Å². The average molecular weight is 353 g/mol. The van der Waals surface area contributed by atoms with Gasteiger partial charge < -0.3 is 14.5 Å². The number of hydrogen-bond acceptors (Lipinski definition) is 4. The molecule has 5 nitrogen and oxygen atoms in total. The molecule has 1 amide bonds. The van der Waals surface area contributed by atoms with Gasteiger partial charge in [-0.2, -0.15) is 5.26 Å². The minimum atomic E-state index is -0.208. The minimum Gasteiger partial charge on any atom is -0.378 e. The van der Waals surface area contributed by atoms with Crippen LogP contribution >= 0.6 is 0 Å². The van der Waals surface area contributed by atoms with Crippen molar-refractivity contribution in [2.45, 2.75) is 38.6 Å². The van der Waals surface area contributed by atoms with E-state index in [-0.39, 0.29) is 17.0 Å². The van der Waals surface area contributed by atoms with Gasteiger partial charge in [0.15, 0.2) is 0 Å². The van der Waals surface area contributed by atoms with Crippen LogP contribution < -0.4 is 4.90 Å². The molecule has 1 aromatic carbocycles. The number of rotatable bonds is 2. The molecule has 1 fully saturated rings. The lowest BCUT2D eigenvalue weighted by atomic mass is 9.80. The van der Waals surface area contributed by atoms with Crippen LogP contribution in [0.4, 0.5) is 5.69 Å². The van der Waals surface area contributed by atoms with Crippen molar-refractivity contribution in [3.05, 3.63) is 34.9 Å². The fourth-order valence-corrected chi connectivity index (χ4v) is 3.93. The zero-order valence-corrected chi connectivity index (χ0v) is 16.1. The summed E-state index contributed by atoms with van der Waals surface area (Å²) in [6, 6.07) is 8.30. The summed E-state index contributed by atoms with van der Waals surface area (Å²) < 4.78 is 5.28. The molecule has 0 radical (unpaired) electrons. The third-order valence-electron chi connectivity index (χ3n) is 5.62. The summed E-state index contributed by atoms with van der Waals surface area (Å²) >= 11 is 0. The molecule has 0 aliphatic carbocycles. The van der Waals surface area contributed by atoms with Gasteiger partial charge in [0.05, 0.1) is 13.2 Å². The highest BCUT2D eigenvalue weighted by molar-refractivity contribution is 6.01. The van der Waals surface area contributed by atoms with Crippen LogP contribution in [0.25, 0.3) is 6.08 Å². The molecule has 5 heteroatoms. The van der Waals surface area contributed by atoms with E-state index in [2.05, 4.69) is 50.9 Å². The molecule has 0 aromatic heterocycles. The van der Waals surface area contributed by atoms with E-state index in [1.807, 2.05) is 6.07 Å². The van der Waals surface area contributed by atoms with Gasteiger partial charge in [0.2, 0.25) is 0 Å². The van der Waals surface area contributed by atoms with E-state index < -0.39 is 0 Å². The van der Waals surface area contributed by atoms with Crippen LogP contribution in [-0.2, 0) is 9.53 Å². The Balaban J connectivity index is 1.90. The van der Waals surface area contributed by atoms with E-state index in [1.54, 1.807) is 11.0 Å². The van der Waals surface area contributed by atoms with Crippen LogP contribution in [-0.4, -0.2) is 49.7 Å². The molecule has 2 heterocycles. The molecule has 138 valence electrons. The van der Waals surface area contributed by atoms with Gasteiger partial charge in [-0.15, -0.1) is 0 Å². The van der Waals surface area contributed by atoms with Gasteiger partial charge in [-0.05, 0) is 55.5 Å². The number of anilines is 1. The summed E-state index contributed by atoms with van der Waals surface area (Å²) in [6.07, 6.45) is 2.78. The predicted molar refractivity (Wildman–Crippen MR) is 103 cm³/mol. The maximum Gasteiger partial charge on any atom is 0.264 e. The third-order valence-corrected chi connectivity index (χ3v) is 5.62. The van der Waals surface area contributed by atoms with Crippen molar-refractivity contribution in [1.29, 1.82) is 5.26 Å². The average Bonchev–Trinajstić information content (AvgIpc) is 2.64. The van der Waals surface area contributed by atoms with Crippen molar-refractivity contribution in [3.8, 4) is 6.07 Å². The SMILES string of the molecule is C[C@@H]1CC(C)(C)N(C)c2ccc(/C=C(/C#N)C(=O)N3CCOCC3)cc21. The molecule has 3 rings (SSSR count). The molecule has 26 heavy (non-hydrogen) atoms. The highest BCUT2D eigenvalue weighted by atomic mass is 16.5. The summed E-state index contributed by atoms with van der Waals surface area (Å²) in [5.74, 6) is 0.227. The third kappa shape index (κ3) is 3.47. The molecule has 1 saturated heterocycles. The first-order valence-electron chi connectivity index (χ1n) is 9.20. The summed E-state index contributed by atoms with van der Waals surface area (Å²) in [5.41, 5.74) is 3.71. The Morgan fingerprint density at radius 3 is 2.69 bits per heavy atom. The van der Waals surface area contributed by atoms with Crippen LogP contribution in [0.5, 0.6) is 0 Å². The van der Waals surface area contributed by atoms with Crippen molar-refractivity contribution in [2.24, 2.45) is 0 Å². The number of morpholine rings is 1. The van der Waals surface area contributed by atoms with Gasteiger partial charge in [-0.1, -0.05) is 13.0 Å². The maximum atomic E-state index is 12.6. The number of ether oxygens (including phenoxy) is 1. The Morgan fingerprint density at radius 2 is 2.04 bits per heavy atom. The van der Waals surface area contributed by atoms with E-state index >= 15 is 0 Å². The number of amides is 1. The quantitative estimate of drug-likeness (QED) is 0.605. The Kier molecular flexibility index (Phi) is 5.06. The first kappa shape index (κ1) is 18.5. The van der Waals surface area contributed by atoms with Gasteiger partial charge >= 0.3 is 0 Å². The zero-order valence-electron chi connectivity index (χ0n) is 16.1. The number of hydrogen-bond donors (Lipinski definition) is 0. The monoisotopic (exact) mass is 353 g/mol. The number of benzene rings is 1. The van der Waals surface area contributed by atoms with Gasteiger partial charge in [0.1, 0.15) is 11.6 Å². The van der Waals surface area contributed by atoms with Crippen molar-refractivity contribution < 1.29 is 9.53 Å². The summed E-state index contributed by atoms with van der Waals surface area (Å²) in [6.45, 7) is 8.90. The first-order chi connectivity index (χ1) is 12.3. The second-order valence-corrected chi connectivity index (χ2v) is 7.87. The lowest BCUT2D eigenvalue weighted by molar-refractivity contribution is -0.130. The second-order valence-electron chi connectivity index (χ2n) is 7.87.